The fraction of sp³-hybridized carbons (Fsp3) is 0.308. The van der Waals surface area contributed by atoms with Crippen LogP contribution >= 0.6 is 0 Å². The highest BCUT2D eigenvalue weighted by Gasteiger charge is 2.58. The zero-order valence-electron chi connectivity index (χ0n) is 11.1. The van der Waals surface area contributed by atoms with Gasteiger partial charge in [-0.2, -0.15) is 5.06 Å². The molecule has 106 valence electrons. The molecule has 2 rings (SSSR count). The van der Waals surface area contributed by atoms with E-state index in [0.29, 0.717) is 5.75 Å². The Kier molecular flexibility index (Phi) is 3.60. The minimum atomic E-state index is -1.53. The molecule has 1 aliphatic heterocycles. The van der Waals surface area contributed by atoms with Crippen molar-refractivity contribution in [3.8, 4) is 5.75 Å². The molecule has 0 bridgehead atoms. The van der Waals surface area contributed by atoms with Gasteiger partial charge in [-0.25, -0.2) is 0 Å². The van der Waals surface area contributed by atoms with Crippen LogP contribution in [0.2, 0.25) is 0 Å². The van der Waals surface area contributed by atoms with Crippen molar-refractivity contribution < 1.29 is 24.0 Å². The molecule has 1 fully saturated rings. The predicted octanol–water partition coefficient (Wildman–Crippen LogP) is 0.218. The van der Waals surface area contributed by atoms with Gasteiger partial charge in [0.2, 0.25) is 5.91 Å². The number of carbonyl (C=O) groups excluding carboxylic acids is 3. The molecule has 0 spiro atoms. The topological polar surface area (TPSA) is 84.9 Å². The van der Waals surface area contributed by atoms with E-state index in [-0.39, 0.29) is 6.54 Å². The van der Waals surface area contributed by atoms with Crippen molar-refractivity contribution in [3.05, 3.63) is 30.3 Å². The van der Waals surface area contributed by atoms with Crippen molar-refractivity contribution in [2.24, 2.45) is 0 Å². The third kappa shape index (κ3) is 2.71. The molecule has 1 atom stereocenters. The Morgan fingerprint density at radius 2 is 1.90 bits per heavy atom. The molecule has 1 saturated heterocycles. The fourth-order valence-electron chi connectivity index (χ4n) is 1.85. The molecule has 7 heteroatoms. The second-order valence-corrected chi connectivity index (χ2v) is 4.35. The van der Waals surface area contributed by atoms with Crippen molar-refractivity contribution in [2.75, 3.05) is 6.54 Å². The maximum Gasteiger partial charge on any atom is 0.329 e. The highest BCUT2D eigenvalue weighted by atomic mass is 16.7. The summed E-state index contributed by atoms with van der Waals surface area (Å²) in [5.74, 6) is -1.24. The molecule has 0 aliphatic carbocycles. The minimum Gasteiger partial charge on any atom is -0.456 e. The van der Waals surface area contributed by atoms with Gasteiger partial charge in [0.1, 0.15) is 12.3 Å². The molecule has 20 heavy (non-hydrogen) atoms. The summed E-state index contributed by atoms with van der Waals surface area (Å²) >= 11 is 0. The molecule has 1 heterocycles. The average molecular weight is 278 g/mol. The van der Waals surface area contributed by atoms with Gasteiger partial charge in [-0.1, -0.05) is 18.2 Å². The number of β-lactam (4-membered cyclic amide) rings is 1. The predicted molar refractivity (Wildman–Crippen MR) is 67.1 cm³/mol. The lowest BCUT2D eigenvalue weighted by molar-refractivity contribution is -0.245. The van der Waals surface area contributed by atoms with E-state index in [2.05, 4.69) is 10.2 Å². The van der Waals surface area contributed by atoms with E-state index in [1.165, 1.54) is 13.8 Å². The number of nitrogens with one attached hydrogen (secondary N) is 1. The van der Waals surface area contributed by atoms with Crippen LogP contribution in [0.25, 0.3) is 0 Å². The summed E-state index contributed by atoms with van der Waals surface area (Å²) in [5, 5.41) is 3.30. The van der Waals surface area contributed by atoms with Gasteiger partial charge < -0.3 is 14.9 Å². The van der Waals surface area contributed by atoms with Crippen molar-refractivity contribution >= 4 is 17.8 Å². The number of nitrogens with zero attached hydrogens (tertiary/aromatic N) is 1. The molecule has 0 radical (unpaired) electrons. The van der Waals surface area contributed by atoms with Crippen LogP contribution in [-0.2, 0) is 19.2 Å². The number of carbonyl (C=O) groups is 3. The van der Waals surface area contributed by atoms with E-state index >= 15 is 0 Å². The fourth-order valence-corrected chi connectivity index (χ4v) is 1.85. The Bertz CT molecular complexity index is 545. The van der Waals surface area contributed by atoms with Gasteiger partial charge in [0.25, 0.3) is 5.72 Å². The first-order valence-corrected chi connectivity index (χ1v) is 5.96. The summed E-state index contributed by atoms with van der Waals surface area (Å²) in [6.07, 6.45) is 0. The first kappa shape index (κ1) is 13.9. The largest absolute Gasteiger partial charge is 0.456 e. The summed E-state index contributed by atoms with van der Waals surface area (Å²) < 4.78 is 5.56. The summed E-state index contributed by atoms with van der Waals surface area (Å²) in [4.78, 5) is 38.8. The van der Waals surface area contributed by atoms with Gasteiger partial charge >= 0.3 is 11.9 Å². The van der Waals surface area contributed by atoms with Gasteiger partial charge in [-0.15, -0.1) is 0 Å². The Morgan fingerprint density at radius 1 is 1.25 bits per heavy atom. The van der Waals surface area contributed by atoms with E-state index in [0.717, 1.165) is 5.06 Å². The third-order valence-corrected chi connectivity index (χ3v) is 2.59. The number of hydroxylamine groups is 2. The first-order chi connectivity index (χ1) is 9.43. The lowest BCUT2D eigenvalue weighted by atomic mass is 10.1. The number of ether oxygens (including phenoxy) is 1. The van der Waals surface area contributed by atoms with Crippen molar-refractivity contribution in [3.63, 3.8) is 0 Å². The minimum absolute atomic E-state index is 0.0696. The molecule has 0 aromatic heterocycles. The molecular formula is C13H14N2O5. The van der Waals surface area contributed by atoms with E-state index in [9.17, 15) is 14.4 Å². The van der Waals surface area contributed by atoms with Gasteiger partial charge in [-0.05, 0) is 12.1 Å². The summed E-state index contributed by atoms with van der Waals surface area (Å²) in [7, 11) is 0. The molecule has 1 aromatic rings. The summed E-state index contributed by atoms with van der Waals surface area (Å²) in [5.41, 5.74) is -1.53. The lowest BCUT2D eigenvalue weighted by Crippen LogP contribution is -2.76. The van der Waals surface area contributed by atoms with Crippen LogP contribution in [0.15, 0.2) is 30.3 Å². The van der Waals surface area contributed by atoms with Crippen LogP contribution in [0, 0.1) is 0 Å². The smallest absolute Gasteiger partial charge is 0.329 e. The normalized spacial score (nSPS) is 20.9. The maximum atomic E-state index is 12.1. The maximum absolute atomic E-state index is 12.1. The quantitative estimate of drug-likeness (QED) is 0.629. The number of amides is 2. The molecule has 7 nitrogen and oxygen atoms in total. The van der Waals surface area contributed by atoms with E-state index in [4.69, 9.17) is 4.74 Å². The Morgan fingerprint density at radius 3 is 2.40 bits per heavy atom. The zero-order chi connectivity index (χ0) is 14.8. The van der Waals surface area contributed by atoms with Gasteiger partial charge in [0.05, 0.1) is 0 Å². The molecule has 1 aromatic carbocycles. The van der Waals surface area contributed by atoms with Crippen LogP contribution in [0.3, 0.4) is 0 Å². The standard InChI is InChI=1S/C13H14N2O5/c1-9(16)14-13(19-11-6-4-3-5-7-11)8-15(12(13)18)20-10(2)17/h3-7H,8H2,1-2H3,(H,14,16). The van der Waals surface area contributed by atoms with Gasteiger partial charge in [0, 0.05) is 13.8 Å². The molecule has 0 saturated carbocycles. The number of rotatable bonds is 4. The lowest BCUT2D eigenvalue weighted by Gasteiger charge is -2.45. The molecule has 2 amide bonds. The first-order valence-electron chi connectivity index (χ1n) is 5.96. The highest BCUT2D eigenvalue weighted by Crippen LogP contribution is 2.27. The van der Waals surface area contributed by atoms with Crippen molar-refractivity contribution in [2.45, 2.75) is 19.6 Å². The number of hydrogen-bond donors (Lipinski definition) is 1. The van der Waals surface area contributed by atoms with Gasteiger partial charge in [0.15, 0.2) is 0 Å². The Labute approximate surface area is 115 Å². The Balaban J connectivity index is 2.15. The monoisotopic (exact) mass is 278 g/mol. The molecule has 1 unspecified atom stereocenters. The van der Waals surface area contributed by atoms with E-state index in [1.54, 1.807) is 30.3 Å². The molecular weight excluding hydrogens is 264 g/mol. The van der Waals surface area contributed by atoms with Crippen molar-refractivity contribution in [1.82, 2.24) is 10.4 Å². The van der Waals surface area contributed by atoms with E-state index < -0.39 is 23.5 Å². The van der Waals surface area contributed by atoms with Gasteiger partial charge in [-0.3, -0.25) is 14.4 Å². The zero-order valence-corrected chi connectivity index (χ0v) is 11.1. The second kappa shape index (κ2) is 5.20. The number of hydrogen-bond acceptors (Lipinski definition) is 5. The van der Waals surface area contributed by atoms with Crippen molar-refractivity contribution in [1.29, 1.82) is 0 Å². The third-order valence-electron chi connectivity index (χ3n) is 2.59. The summed E-state index contributed by atoms with van der Waals surface area (Å²) in [6.45, 7) is 2.39. The van der Waals surface area contributed by atoms with Crippen LogP contribution in [0.1, 0.15) is 13.8 Å². The average Bonchev–Trinajstić information content (AvgIpc) is 2.37. The van der Waals surface area contributed by atoms with Crippen LogP contribution in [-0.4, -0.2) is 35.1 Å². The van der Waals surface area contributed by atoms with Crippen LogP contribution < -0.4 is 10.1 Å². The molecule has 1 aliphatic rings. The SMILES string of the molecule is CC(=O)NC1(Oc2ccccc2)CN(OC(C)=O)C1=O. The highest BCUT2D eigenvalue weighted by molar-refractivity contribution is 5.95. The number of para-hydroxylation sites is 1. The van der Waals surface area contributed by atoms with E-state index in [1.807, 2.05) is 0 Å². The second-order valence-electron chi connectivity index (χ2n) is 4.35. The van der Waals surface area contributed by atoms with Crippen LogP contribution in [0.5, 0.6) is 5.75 Å². The summed E-state index contributed by atoms with van der Waals surface area (Å²) in [6, 6.07) is 8.59. The Hall–Kier alpha value is -2.57. The van der Waals surface area contributed by atoms with Crippen LogP contribution in [0.4, 0.5) is 0 Å². The molecule has 1 N–H and O–H groups in total. The number of benzene rings is 1.